The maximum absolute atomic E-state index is 12.8. The van der Waals surface area contributed by atoms with Crippen molar-refractivity contribution in [3.05, 3.63) is 24.0 Å². The molecule has 2 rings (SSSR count). The molecule has 116 valence electrons. The fraction of sp³-hybridized carbons (Fsp3) is 0.625. The largest absolute Gasteiger partial charge is 0.383 e. The van der Waals surface area contributed by atoms with Gasteiger partial charge in [0.2, 0.25) is 0 Å². The van der Waals surface area contributed by atoms with Crippen molar-refractivity contribution in [1.82, 2.24) is 14.8 Å². The summed E-state index contributed by atoms with van der Waals surface area (Å²) in [5, 5.41) is 3.29. The predicted molar refractivity (Wildman–Crippen MR) is 85.6 cm³/mol. The summed E-state index contributed by atoms with van der Waals surface area (Å²) >= 11 is 0. The van der Waals surface area contributed by atoms with Gasteiger partial charge in [-0.05, 0) is 45.5 Å². The molecule has 1 fully saturated rings. The summed E-state index contributed by atoms with van der Waals surface area (Å²) < 4.78 is 0. The predicted octanol–water partition coefficient (Wildman–Crippen LogP) is 2.07. The number of carbonyl (C=O) groups excluding carboxylic acids is 1. The molecule has 1 aliphatic heterocycles. The van der Waals surface area contributed by atoms with Crippen LogP contribution in [0.2, 0.25) is 0 Å². The normalized spacial score (nSPS) is 16.7. The van der Waals surface area contributed by atoms with Gasteiger partial charge < -0.3 is 15.1 Å². The molecule has 0 spiro atoms. The maximum Gasteiger partial charge on any atom is 0.256 e. The zero-order chi connectivity index (χ0) is 15.2. The molecule has 1 aliphatic rings. The minimum atomic E-state index is 0.0885. The number of nitrogens with zero attached hydrogens (tertiary/aromatic N) is 3. The number of hydrogen-bond donors (Lipinski definition) is 1. The molecule has 0 aliphatic carbocycles. The van der Waals surface area contributed by atoms with Crippen molar-refractivity contribution in [2.45, 2.75) is 32.2 Å². The summed E-state index contributed by atoms with van der Waals surface area (Å²) in [6.07, 6.45) is 6.54. The van der Waals surface area contributed by atoms with Crippen LogP contribution in [0, 0.1) is 0 Å². The van der Waals surface area contributed by atoms with E-state index in [1.54, 1.807) is 12.4 Å². The number of carbonyl (C=O) groups is 1. The Morgan fingerprint density at radius 1 is 1.48 bits per heavy atom. The van der Waals surface area contributed by atoms with Crippen LogP contribution in [-0.4, -0.2) is 60.5 Å². The highest BCUT2D eigenvalue weighted by molar-refractivity contribution is 5.99. The van der Waals surface area contributed by atoms with Crippen LogP contribution >= 0.6 is 0 Å². The number of rotatable bonds is 5. The molecule has 1 N–H and O–H groups in total. The standard InChI is InChI=1S/C16H26N4O/c1-4-8-18-15-12-17-9-5-14(15)16(21)20(3)13-6-10-19(2)11-7-13/h5,9,12-13,18H,4,6-8,10-11H2,1-3H3. The van der Waals surface area contributed by atoms with E-state index in [0.29, 0.717) is 6.04 Å². The van der Waals surface area contributed by atoms with Crippen LogP contribution in [0.4, 0.5) is 5.69 Å². The highest BCUT2D eigenvalue weighted by atomic mass is 16.2. The molecular formula is C16H26N4O. The van der Waals surface area contributed by atoms with Gasteiger partial charge in [-0.2, -0.15) is 0 Å². The van der Waals surface area contributed by atoms with Crippen molar-refractivity contribution in [2.24, 2.45) is 0 Å². The second kappa shape index (κ2) is 7.41. The Balaban J connectivity index is 2.08. The zero-order valence-corrected chi connectivity index (χ0v) is 13.3. The zero-order valence-electron chi connectivity index (χ0n) is 13.3. The number of anilines is 1. The molecule has 5 nitrogen and oxygen atoms in total. The highest BCUT2D eigenvalue weighted by Gasteiger charge is 2.25. The molecule has 5 heteroatoms. The fourth-order valence-electron chi connectivity index (χ4n) is 2.72. The van der Waals surface area contributed by atoms with E-state index in [0.717, 1.165) is 50.1 Å². The van der Waals surface area contributed by atoms with E-state index in [1.165, 1.54) is 0 Å². The van der Waals surface area contributed by atoms with Crippen LogP contribution in [0.5, 0.6) is 0 Å². The number of amides is 1. The van der Waals surface area contributed by atoms with Gasteiger partial charge in [-0.25, -0.2) is 0 Å². The number of aromatic nitrogens is 1. The van der Waals surface area contributed by atoms with Crippen molar-refractivity contribution in [2.75, 3.05) is 39.0 Å². The second-order valence-electron chi connectivity index (χ2n) is 5.80. The first kappa shape index (κ1) is 15.8. The Hall–Kier alpha value is -1.62. The molecule has 0 atom stereocenters. The molecule has 0 bridgehead atoms. The van der Waals surface area contributed by atoms with Crippen LogP contribution in [0.15, 0.2) is 18.5 Å². The van der Waals surface area contributed by atoms with E-state index in [1.807, 2.05) is 18.0 Å². The van der Waals surface area contributed by atoms with E-state index in [-0.39, 0.29) is 5.91 Å². The summed E-state index contributed by atoms with van der Waals surface area (Å²) in [6.45, 7) is 5.07. The average Bonchev–Trinajstić information content (AvgIpc) is 2.52. The minimum absolute atomic E-state index is 0.0885. The molecule has 1 amide bonds. The monoisotopic (exact) mass is 290 g/mol. The van der Waals surface area contributed by atoms with E-state index in [2.05, 4.69) is 29.2 Å². The van der Waals surface area contributed by atoms with Gasteiger partial charge in [0.15, 0.2) is 0 Å². The Morgan fingerprint density at radius 3 is 2.86 bits per heavy atom. The van der Waals surface area contributed by atoms with Crippen LogP contribution in [0.3, 0.4) is 0 Å². The van der Waals surface area contributed by atoms with Crippen molar-refractivity contribution in [1.29, 1.82) is 0 Å². The lowest BCUT2D eigenvalue weighted by Crippen LogP contribution is -2.44. The first-order chi connectivity index (χ1) is 10.1. The topological polar surface area (TPSA) is 48.5 Å². The lowest BCUT2D eigenvalue weighted by atomic mass is 10.0. The Morgan fingerprint density at radius 2 is 2.19 bits per heavy atom. The third kappa shape index (κ3) is 3.94. The summed E-state index contributed by atoms with van der Waals surface area (Å²) in [5.41, 5.74) is 1.56. The second-order valence-corrected chi connectivity index (χ2v) is 5.80. The quantitative estimate of drug-likeness (QED) is 0.902. The van der Waals surface area contributed by atoms with Gasteiger partial charge in [0.25, 0.3) is 5.91 Å². The molecule has 0 saturated carbocycles. The molecule has 0 unspecified atom stereocenters. The molecule has 0 aromatic carbocycles. The SMILES string of the molecule is CCCNc1cnccc1C(=O)N(C)C1CCN(C)CC1. The van der Waals surface area contributed by atoms with Crippen LogP contribution in [0.1, 0.15) is 36.5 Å². The lowest BCUT2D eigenvalue weighted by Gasteiger charge is -2.35. The number of likely N-dealkylation sites (tertiary alicyclic amines) is 1. The molecule has 0 radical (unpaired) electrons. The van der Waals surface area contributed by atoms with E-state index in [9.17, 15) is 4.79 Å². The average molecular weight is 290 g/mol. The maximum atomic E-state index is 12.8. The summed E-state index contributed by atoms with van der Waals surface area (Å²) in [7, 11) is 4.05. The Bertz CT molecular complexity index is 469. The molecular weight excluding hydrogens is 264 g/mol. The number of pyridine rings is 1. The Labute approximate surface area is 127 Å². The van der Waals surface area contributed by atoms with Crippen LogP contribution < -0.4 is 5.32 Å². The third-order valence-electron chi connectivity index (χ3n) is 4.17. The van der Waals surface area contributed by atoms with Gasteiger partial charge in [-0.3, -0.25) is 9.78 Å². The van der Waals surface area contributed by atoms with Gasteiger partial charge in [0, 0.05) is 25.8 Å². The lowest BCUT2D eigenvalue weighted by molar-refractivity contribution is 0.0660. The molecule has 2 heterocycles. The van der Waals surface area contributed by atoms with Gasteiger partial charge in [0.1, 0.15) is 0 Å². The highest BCUT2D eigenvalue weighted by Crippen LogP contribution is 2.20. The van der Waals surface area contributed by atoms with E-state index in [4.69, 9.17) is 0 Å². The molecule has 1 saturated heterocycles. The van der Waals surface area contributed by atoms with Crippen LogP contribution in [-0.2, 0) is 0 Å². The van der Waals surface area contributed by atoms with Crippen molar-refractivity contribution in [3.8, 4) is 0 Å². The summed E-state index contributed by atoms with van der Waals surface area (Å²) in [5.74, 6) is 0.0885. The van der Waals surface area contributed by atoms with Crippen LogP contribution in [0.25, 0.3) is 0 Å². The van der Waals surface area contributed by atoms with Gasteiger partial charge in [-0.1, -0.05) is 6.92 Å². The Kier molecular flexibility index (Phi) is 5.56. The van der Waals surface area contributed by atoms with Crippen molar-refractivity contribution < 1.29 is 4.79 Å². The molecule has 21 heavy (non-hydrogen) atoms. The number of piperidine rings is 1. The molecule has 1 aromatic rings. The van der Waals surface area contributed by atoms with E-state index < -0.39 is 0 Å². The van der Waals surface area contributed by atoms with Crippen molar-refractivity contribution >= 4 is 11.6 Å². The van der Waals surface area contributed by atoms with E-state index >= 15 is 0 Å². The summed E-state index contributed by atoms with van der Waals surface area (Å²) in [4.78, 5) is 21.1. The number of hydrogen-bond acceptors (Lipinski definition) is 4. The first-order valence-corrected chi connectivity index (χ1v) is 7.77. The summed E-state index contributed by atoms with van der Waals surface area (Å²) in [6, 6.07) is 2.15. The smallest absolute Gasteiger partial charge is 0.256 e. The van der Waals surface area contributed by atoms with Gasteiger partial charge >= 0.3 is 0 Å². The molecule has 1 aromatic heterocycles. The third-order valence-corrected chi connectivity index (χ3v) is 4.17. The number of nitrogens with one attached hydrogen (secondary N) is 1. The first-order valence-electron chi connectivity index (χ1n) is 7.77. The van der Waals surface area contributed by atoms with Gasteiger partial charge in [0.05, 0.1) is 17.4 Å². The fourth-order valence-corrected chi connectivity index (χ4v) is 2.72. The van der Waals surface area contributed by atoms with Gasteiger partial charge in [-0.15, -0.1) is 0 Å². The minimum Gasteiger partial charge on any atom is -0.383 e. The van der Waals surface area contributed by atoms with Crippen molar-refractivity contribution in [3.63, 3.8) is 0 Å².